The molecule has 0 aliphatic heterocycles. The number of halogens is 1. The van der Waals surface area contributed by atoms with Gasteiger partial charge in [0.2, 0.25) is 0 Å². The maximum Gasteiger partial charge on any atom is 0.310 e. The van der Waals surface area contributed by atoms with Gasteiger partial charge < -0.3 is 9.47 Å². The largest absolute Gasteiger partial charge is 0.488 e. The third kappa shape index (κ3) is 4.20. The van der Waals surface area contributed by atoms with Crippen molar-refractivity contribution in [1.82, 2.24) is 0 Å². The van der Waals surface area contributed by atoms with Crippen molar-refractivity contribution >= 4 is 17.6 Å². The lowest BCUT2D eigenvalue weighted by Gasteiger charge is -2.18. The monoisotopic (exact) mass is 398 g/mol. The summed E-state index contributed by atoms with van der Waals surface area (Å²) in [7, 11) is 0. The molecule has 0 aromatic heterocycles. The first-order valence-corrected chi connectivity index (χ1v) is 10.8. The molecule has 2 aliphatic carbocycles. The first-order valence-electron chi connectivity index (χ1n) is 10.4. The van der Waals surface area contributed by atoms with Gasteiger partial charge in [0.1, 0.15) is 18.1 Å². The van der Waals surface area contributed by atoms with E-state index in [0.717, 1.165) is 22.8 Å². The zero-order chi connectivity index (χ0) is 19.7. The number of ether oxygens (including phenoxy) is 2. The predicted octanol–water partition coefficient (Wildman–Crippen LogP) is 6.55. The quantitative estimate of drug-likeness (QED) is 0.373. The van der Waals surface area contributed by atoms with Crippen molar-refractivity contribution in [3.63, 3.8) is 0 Å². The van der Waals surface area contributed by atoms with E-state index in [1.54, 1.807) is 0 Å². The number of carbonyl (C=O) groups excluding carboxylic acids is 1. The molecule has 2 saturated carbocycles. The van der Waals surface area contributed by atoms with Gasteiger partial charge in [0.25, 0.3) is 0 Å². The standard InChI is InChI=1S/C24H27ClO3/c1-3-15-12-19(17-10-11-17)23(13-21(15)25)27-14-20-18(16-8-9-16)6-5-7-22(20)28-24(26)4-2/h5-7,12-13,16-17H,3-4,8-11,14H2,1-2H3. The summed E-state index contributed by atoms with van der Waals surface area (Å²) in [5, 5.41) is 0.759. The van der Waals surface area contributed by atoms with E-state index in [2.05, 4.69) is 19.1 Å². The molecule has 2 fully saturated rings. The van der Waals surface area contributed by atoms with E-state index in [4.69, 9.17) is 21.1 Å². The Morgan fingerprint density at radius 2 is 1.75 bits per heavy atom. The van der Waals surface area contributed by atoms with Gasteiger partial charge in [-0.15, -0.1) is 0 Å². The molecule has 0 N–H and O–H groups in total. The molecule has 0 bridgehead atoms. The van der Waals surface area contributed by atoms with Crippen molar-refractivity contribution in [3.8, 4) is 11.5 Å². The fraction of sp³-hybridized carbons (Fsp3) is 0.458. The van der Waals surface area contributed by atoms with Gasteiger partial charge in [-0.1, -0.05) is 43.6 Å². The molecule has 2 aromatic rings. The number of esters is 1. The minimum absolute atomic E-state index is 0.219. The molecule has 3 nitrogen and oxygen atoms in total. The maximum atomic E-state index is 11.9. The van der Waals surface area contributed by atoms with Gasteiger partial charge in [-0.05, 0) is 72.8 Å². The minimum atomic E-state index is -0.219. The number of hydrogen-bond acceptors (Lipinski definition) is 3. The zero-order valence-corrected chi connectivity index (χ0v) is 17.3. The molecule has 0 atom stereocenters. The first kappa shape index (κ1) is 19.3. The molecule has 0 saturated heterocycles. The highest BCUT2D eigenvalue weighted by Gasteiger charge is 2.30. The molecule has 0 amide bonds. The summed E-state index contributed by atoms with van der Waals surface area (Å²) in [4.78, 5) is 11.9. The Labute approximate surface area is 172 Å². The van der Waals surface area contributed by atoms with E-state index < -0.39 is 0 Å². The molecule has 2 aliphatic rings. The van der Waals surface area contributed by atoms with Crippen LogP contribution in [0.3, 0.4) is 0 Å². The van der Waals surface area contributed by atoms with Crippen LogP contribution < -0.4 is 9.47 Å². The third-order valence-electron chi connectivity index (χ3n) is 5.65. The SMILES string of the molecule is CCC(=O)Oc1cccc(C2CC2)c1COc1cc(Cl)c(CC)cc1C1CC1. The highest BCUT2D eigenvalue weighted by molar-refractivity contribution is 6.31. The fourth-order valence-electron chi connectivity index (χ4n) is 3.68. The molecule has 28 heavy (non-hydrogen) atoms. The summed E-state index contributed by atoms with van der Waals surface area (Å²) in [6.07, 6.45) is 6.05. The summed E-state index contributed by atoms with van der Waals surface area (Å²) < 4.78 is 11.9. The van der Waals surface area contributed by atoms with Crippen molar-refractivity contribution in [2.24, 2.45) is 0 Å². The first-order chi connectivity index (χ1) is 13.6. The maximum absolute atomic E-state index is 11.9. The van der Waals surface area contributed by atoms with E-state index in [1.807, 2.05) is 25.1 Å². The van der Waals surface area contributed by atoms with Crippen molar-refractivity contribution in [2.45, 2.75) is 70.8 Å². The third-order valence-corrected chi connectivity index (χ3v) is 6.00. The highest BCUT2D eigenvalue weighted by Crippen LogP contribution is 2.47. The zero-order valence-electron chi connectivity index (χ0n) is 16.6. The molecule has 0 unspecified atom stereocenters. The van der Waals surface area contributed by atoms with Gasteiger partial charge in [-0.3, -0.25) is 4.79 Å². The molecule has 2 aromatic carbocycles. The van der Waals surface area contributed by atoms with Crippen LogP contribution >= 0.6 is 11.6 Å². The van der Waals surface area contributed by atoms with Crippen molar-refractivity contribution in [3.05, 3.63) is 57.6 Å². The van der Waals surface area contributed by atoms with Crippen LogP contribution in [0.15, 0.2) is 30.3 Å². The van der Waals surface area contributed by atoms with E-state index in [-0.39, 0.29) is 5.97 Å². The van der Waals surface area contributed by atoms with Crippen LogP contribution in [0, 0.1) is 0 Å². The second-order valence-electron chi connectivity index (χ2n) is 7.82. The number of benzene rings is 2. The van der Waals surface area contributed by atoms with E-state index in [9.17, 15) is 4.79 Å². The van der Waals surface area contributed by atoms with E-state index in [0.29, 0.717) is 30.6 Å². The molecular weight excluding hydrogens is 372 g/mol. The Morgan fingerprint density at radius 3 is 2.39 bits per heavy atom. The van der Waals surface area contributed by atoms with Crippen LogP contribution in [0.4, 0.5) is 0 Å². The van der Waals surface area contributed by atoms with Gasteiger partial charge in [-0.2, -0.15) is 0 Å². The average Bonchev–Trinajstić information content (AvgIpc) is 3.59. The molecule has 0 spiro atoms. The Hall–Kier alpha value is -2.00. The smallest absolute Gasteiger partial charge is 0.310 e. The molecular formula is C24H27ClO3. The van der Waals surface area contributed by atoms with Crippen LogP contribution in [-0.2, 0) is 17.8 Å². The van der Waals surface area contributed by atoms with Gasteiger partial charge in [0.05, 0.1) is 0 Å². The lowest BCUT2D eigenvalue weighted by molar-refractivity contribution is -0.134. The molecule has 0 radical (unpaired) electrons. The van der Waals surface area contributed by atoms with Crippen LogP contribution in [0.5, 0.6) is 11.5 Å². The fourth-order valence-corrected chi connectivity index (χ4v) is 3.97. The highest BCUT2D eigenvalue weighted by atomic mass is 35.5. The van der Waals surface area contributed by atoms with Crippen molar-refractivity contribution in [1.29, 1.82) is 0 Å². The second kappa shape index (κ2) is 8.16. The number of aryl methyl sites for hydroxylation is 1. The molecule has 4 rings (SSSR count). The lowest BCUT2D eigenvalue weighted by atomic mass is 10.0. The van der Waals surface area contributed by atoms with Crippen LogP contribution in [0.1, 0.15) is 80.0 Å². The molecule has 4 heteroatoms. The summed E-state index contributed by atoms with van der Waals surface area (Å²) in [5.41, 5.74) is 4.67. The number of carbonyl (C=O) groups is 1. The lowest BCUT2D eigenvalue weighted by Crippen LogP contribution is -2.10. The topological polar surface area (TPSA) is 35.5 Å². The Balaban J connectivity index is 1.63. The average molecular weight is 399 g/mol. The minimum Gasteiger partial charge on any atom is -0.488 e. The van der Waals surface area contributed by atoms with Crippen LogP contribution in [-0.4, -0.2) is 5.97 Å². The molecule has 0 heterocycles. The van der Waals surface area contributed by atoms with Gasteiger partial charge in [0, 0.05) is 17.0 Å². The van der Waals surface area contributed by atoms with Gasteiger partial charge >= 0.3 is 5.97 Å². The summed E-state index contributed by atoms with van der Waals surface area (Å²) in [6.45, 7) is 4.32. The Morgan fingerprint density at radius 1 is 1.04 bits per heavy atom. The normalized spacial score (nSPS) is 16.1. The Bertz CT molecular complexity index is 882. The van der Waals surface area contributed by atoms with Gasteiger partial charge in [-0.25, -0.2) is 0 Å². The summed E-state index contributed by atoms with van der Waals surface area (Å²) in [5.74, 6) is 2.40. The number of rotatable bonds is 8. The number of hydrogen-bond donors (Lipinski definition) is 0. The van der Waals surface area contributed by atoms with Crippen LogP contribution in [0.25, 0.3) is 0 Å². The van der Waals surface area contributed by atoms with Crippen molar-refractivity contribution < 1.29 is 14.3 Å². The molecule has 148 valence electrons. The second-order valence-corrected chi connectivity index (χ2v) is 8.23. The summed E-state index contributed by atoms with van der Waals surface area (Å²) in [6, 6.07) is 10.1. The Kier molecular flexibility index (Phi) is 5.63. The van der Waals surface area contributed by atoms with E-state index >= 15 is 0 Å². The van der Waals surface area contributed by atoms with E-state index in [1.165, 1.54) is 42.4 Å². The summed E-state index contributed by atoms with van der Waals surface area (Å²) >= 11 is 6.47. The van der Waals surface area contributed by atoms with Crippen LogP contribution in [0.2, 0.25) is 5.02 Å². The predicted molar refractivity (Wildman–Crippen MR) is 111 cm³/mol. The van der Waals surface area contributed by atoms with Crippen molar-refractivity contribution in [2.75, 3.05) is 0 Å². The van der Waals surface area contributed by atoms with Gasteiger partial charge in [0.15, 0.2) is 0 Å².